The molecule has 1 heterocycles. The Morgan fingerprint density at radius 1 is 1.75 bits per heavy atom. The maximum atomic E-state index is 2.19. The predicted molar refractivity (Wildman–Crippen MR) is 35.2 cm³/mol. The van der Waals surface area contributed by atoms with Gasteiger partial charge in [0.25, 0.3) is 0 Å². The molecule has 0 saturated heterocycles. The Bertz CT molecular complexity index is 142. The van der Waals surface area contributed by atoms with Crippen molar-refractivity contribution in [2.75, 3.05) is 7.05 Å². The van der Waals surface area contributed by atoms with Crippen LogP contribution in [0.2, 0.25) is 0 Å². The molecule has 1 aliphatic heterocycles. The summed E-state index contributed by atoms with van der Waals surface area (Å²) in [5.74, 6) is 0. The highest BCUT2D eigenvalue weighted by atomic mass is 14.9. The van der Waals surface area contributed by atoms with Gasteiger partial charge in [-0.2, -0.15) is 0 Å². The maximum Gasteiger partial charge on any atom is 0.167 e. The van der Waals surface area contributed by atoms with Crippen LogP contribution in [0.3, 0.4) is 0 Å². The average molecular weight is 110 g/mol. The Labute approximate surface area is 50.3 Å². The number of rotatable bonds is 1. The fraction of sp³-hybridized carbons (Fsp3) is 0.571. The highest BCUT2D eigenvalue weighted by Gasteiger charge is 2.05. The molecular formula is C7H12N+. The summed E-state index contributed by atoms with van der Waals surface area (Å²) >= 11 is 0. The molecule has 44 valence electrons. The summed E-state index contributed by atoms with van der Waals surface area (Å²) in [7, 11) is 2.07. The second-order valence-electron chi connectivity index (χ2n) is 2.19. The highest BCUT2D eigenvalue weighted by Crippen LogP contribution is 2.07. The summed E-state index contributed by atoms with van der Waals surface area (Å²) in [5.41, 5.74) is 1.53. The van der Waals surface area contributed by atoms with Gasteiger partial charge in [0.1, 0.15) is 13.3 Å². The van der Waals surface area contributed by atoms with Gasteiger partial charge in [-0.1, -0.05) is 6.92 Å². The lowest BCUT2D eigenvalue weighted by Crippen LogP contribution is -1.88. The van der Waals surface area contributed by atoms with E-state index >= 15 is 0 Å². The van der Waals surface area contributed by atoms with Crippen LogP contribution in [0, 0.1) is 0 Å². The molecule has 1 rings (SSSR count). The molecule has 0 saturated carbocycles. The lowest BCUT2D eigenvalue weighted by molar-refractivity contribution is -0.414. The second kappa shape index (κ2) is 2.12. The summed E-state index contributed by atoms with van der Waals surface area (Å²) in [6.45, 7) is 2.19. The van der Waals surface area contributed by atoms with Crippen molar-refractivity contribution in [1.29, 1.82) is 0 Å². The van der Waals surface area contributed by atoms with Gasteiger partial charge >= 0.3 is 0 Å². The van der Waals surface area contributed by atoms with Gasteiger partial charge in [-0.3, -0.25) is 0 Å². The third-order valence-electron chi connectivity index (χ3n) is 1.48. The summed E-state index contributed by atoms with van der Waals surface area (Å²) in [6.07, 6.45) is 6.74. The number of hydrogen-bond donors (Lipinski definition) is 0. The molecule has 0 fully saturated rings. The van der Waals surface area contributed by atoms with E-state index in [9.17, 15) is 0 Å². The maximum absolute atomic E-state index is 2.19. The van der Waals surface area contributed by atoms with Crippen molar-refractivity contribution in [3.8, 4) is 0 Å². The molecule has 1 nitrogen and oxygen atoms in total. The van der Waals surface area contributed by atoms with E-state index in [2.05, 4.69) is 31.0 Å². The van der Waals surface area contributed by atoms with Crippen molar-refractivity contribution < 1.29 is 4.58 Å². The Morgan fingerprint density at radius 3 is 2.75 bits per heavy atom. The fourth-order valence-electron chi connectivity index (χ4n) is 0.890. The van der Waals surface area contributed by atoms with Gasteiger partial charge in [-0.15, -0.1) is 0 Å². The minimum Gasteiger partial charge on any atom is -0.211 e. The monoisotopic (exact) mass is 110 g/mol. The number of hydrogen-bond acceptors (Lipinski definition) is 0. The van der Waals surface area contributed by atoms with Crippen molar-refractivity contribution in [3.05, 3.63) is 11.8 Å². The smallest absolute Gasteiger partial charge is 0.167 e. The molecule has 0 atom stereocenters. The van der Waals surface area contributed by atoms with E-state index in [0.29, 0.717) is 0 Å². The van der Waals surface area contributed by atoms with Crippen LogP contribution >= 0.6 is 0 Å². The lowest BCUT2D eigenvalue weighted by atomic mass is 10.2. The first kappa shape index (κ1) is 5.54. The fourth-order valence-corrected chi connectivity index (χ4v) is 0.890. The SMILES string of the molecule is CCC1=C[N+](C)=CC1. The van der Waals surface area contributed by atoms with E-state index in [-0.39, 0.29) is 0 Å². The van der Waals surface area contributed by atoms with Gasteiger partial charge in [0.15, 0.2) is 6.20 Å². The average Bonchev–Trinajstić information content (AvgIpc) is 2.14. The molecule has 0 aromatic carbocycles. The Kier molecular flexibility index (Phi) is 1.47. The molecule has 8 heavy (non-hydrogen) atoms. The third-order valence-corrected chi connectivity index (χ3v) is 1.48. The van der Waals surface area contributed by atoms with Crippen LogP contribution in [0.4, 0.5) is 0 Å². The molecule has 1 aliphatic rings. The van der Waals surface area contributed by atoms with Gasteiger partial charge < -0.3 is 0 Å². The first-order chi connectivity index (χ1) is 3.83. The molecule has 0 N–H and O–H groups in total. The summed E-state index contributed by atoms with van der Waals surface area (Å²) < 4.78 is 2.12. The molecule has 0 radical (unpaired) electrons. The second-order valence-corrected chi connectivity index (χ2v) is 2.19. The van der Waals surface area contributed by atoms with Crippen molar-refractivity contribution in [1.82, 2.24) is 0 Å². The van der Waals surface area contributed by atoms with Crippen molar-refractivity contribution in [2.24, 2.45) is 0 Å². The van der Waals surface area contributed by atoms with Crippen LogP contribution in [0.5, 0.6) is 0 Å². The topological polar surface area (TPSA) is 3.01 Å². The zero-order valence-electron chi connectivity index (χ0n) is 5.52. The normalized spacial score (nSPS) is 18.2. The van der Waals surface area contributed by atoms with E-state index in [0.717, 1.165) is 6.42 Å². The van der Waals surface area contributed by atoms with E-state index in [1.807, 2.05) is 0 Å². The van der Waals surface area contributed by atoms with Gasteiger partial charge in [0, 0.05) is 5.57 Å². The minimum absolute atomic E-state index is 1.16. The predicted octanol–water partition coefficient (Wildman–Crippen LogP) is 1.40. The molecular weight excluding hydrogens is 98.1 g/mol. The van der Waals surface area contributed by atoms with Crippen LogP contribution in [-0.2, 0) is 0 Å². The molecule has 0 unspecified atom stereocenters. The summed E-state index contributed by atoms with van der Waals surface area (Å²) in [6, 6.07) is 0. The van der Waals surface area contributed by atoms with Gasteiger partial charge in [-0.05, 0) is 6.42 Å². The van der Waals surface area contributed by atoms with E-state index in [4.69, 9.17) is 0 Å². The standard InChI is InChI=1S/C7H12N/c1-3-7-4-5-8(2)6-7/h5-6H,3-4H2,1-2H3/q+1. The minimum atomic E-state index is 1.16. The van der Waals surface area contributed by atoms with Crippen LogP contribution in [0.15, 0.2) is 11.8 Å². The van der Waals surface area contributed by atoms with Gasteiger partial charge in [0.2, 0.25) is 0 Å². The summed E-state index contributed by atoms with van der Waals surface area (Å²) in [4.78, 5) is 0. The van der Waals surface area contributed by atoms with Crippen LogP contribution in [0.1, 0.15) is 19.8 Å². The van der Waals surface area contributed by atoms with E-state index in [1.165, 1.54) is 12.0 Å². The van der Waals surface area contributed by atoms with Crippen molar-refractivity contribution in [2.45, 2.75) is 19.8 Å². The Balaban J connectivity index is 2.56. The largest absolute Gasteiger partial charge is 0.211 e. The quantitative estimate of drug-likeness (QED) is 0.449. The van der Waals surface area contributed by atoms with Crippen LogP contribution < -0.4 is 0 Å². The van der Waals surface area contributed by atoms with Gasteiger partial charge in [-0.25, -0.2) is 4.58 Å². The van der Waals surface area contributed by atoms with E-state index < -0.39 is 0 Å². The first-order valence-corrected chi connectivity index (χ1v) is 3.07. The van der Waals surface area contributed by atoms with Gasteiger partial charge in [0.05, 0.1) is 6.42 Å². The lowest BCUT2D eigenvalue weighted by Gasteiger charge is -1.82. The van der Waals surface area contributed by atoms with Crippen molar-refractivity contribution in [3.63, 3.8) is 0 Å². The van der Waals surface area contributed by atoms with Crippen molar-refractivity contribution >= 4 is 6.21 Å². The summed E-state index contributed by atoms with van der Waals surface area (Å²) in [5, 5.41) is 0. The van der Waals surface area contributed by atoms with E-state index in [1.54, 1.807) is 0 Å². The number of nitrogens with zero attached hydrogens (tertiary/aromatic N) is 1. The van der Waals surface area contributed by atoms with Crippen LogP contribution in [0.25, 0.3) is 0 Å². The first-order valence-electron chi connectivity index (χ1n) is 3.07. The number of allylic oxidation sites excluding steroid dienone is 1. The molecule has 0 spiro atoms. The zero-order chi connectivity index (χ0) is 5.98. The van der Waals surface area contributed by atoms with Crippen LogP contribution in [-0.4, -0.2) is 17.8 Å². The molecule has 0 aromatic rings. The highest BCUT2D eigenvalue weighted by molar-refractivity contribution is 5.58. The molecule has 0 amide bonds. The zero-order valence-corrected chi connectivity index (χ0v) is 5.52. The molecule has 0 aliphatic carbocycles. The molecule has 0 aromatic heterocycles. The third kappa shape index (κ3) is 0.971. The Morgan fingerprint density at radius 2 is 2.50 bits per heavy atom. The Hall–Kier alpha value is -0.590. The molecule has 1 heteroatoms. The molecule has 0 bridgehead atoms.